The van der Waals surface area contributed by atoms with Gasteiger partial charge in [-0.2, -0.15) is 13.2 Å². The summed E-state index contributed by atoms with van der Waals surface area (Å²) < 4.78 is 37.6. The Labute approximate surface area is 92.6 Å². The van der Waals surface area contributed by atoms with E-state index in [4.69, 9.17) is 5.73 Å². The zero-order valence-electron chi connectivity index (χ0n) is 9.06. The van der Waals surface area contributed by atoms with Gasteiger partial charge in [0.2, 0.25) is 0 Å². The minimum Gasteiger partial charge on any atom is -0.385 e. The van der Waals surface area contributed by atoms with Gasteiger partial charge in [-0.3, -0.25) is 0 Å². The summed E-state index contributed by atoms with van der Waals surface area (Å²) in [6, 6.07) is 3.95. The zero-order chi connectivity index (χ0) is 12.2. The van der Waals surface area contributed by atoms with E-state index in [0.717, 1.165) is 19.0 Å². The van der Waals surface area contributed by atoms with Crippen molar-refractivity contribution in [3.05, 3.63) is 29.3 Å². The molecule has 1 aromatic rings. The minimum atomic E-state index is -4.34. The molecular formula is C11H15F3N2. The van der Waals surface area contributed by atoms with Gasteiger partial charge in [-0.25, -0.2) is 0 Å². The van der Waals surface area contributed by atoms with Crippen molar-refractivity contribution in [3.8, 4) is 0 Å². The number of nitrogens with one attached hydrogen (secondary N) is 1. The molecule has 0 unspecified atom stereocenters. The summed E-state index contributed by atoms with van der Waals surface area (Å²) in [5.74, 6) is 0. The average molecular weight is 232 g/mol. The Kier molecular flexibility index (Phi) is 4.18. The molecule has 0 saturated carbocycles. The molecule has 0 spiro atoms. The number of hydrogen-bond acceptors (Lipinski definition) is 2. The maximum Gasteiger partial charge on any atom is 0.416 e. The van der Waals surface area contributed by atoms with E-state index in [1.165, 1.54) is 12.1 Å². The summed E-state index contributed by atoms with van der Waals surface area (Å²) in [5, 5.41) is 3.02. The van der Waals surface area contributed by atoms with Crippen LogP contribution >= 0.6 is 0 Å². The lowest BCUT2D eigenvalue weighted by atomic mass is 10.1. The van der Waals surface area contributed by atoms with Crippen LogP contribution in [-0.4, -0.2) is 6.54 Å². The molecule has 0 aliphatic heterocycles. The van der Waals surface area contributed by atoms with Gasteiger partial charge in [0.1, 0.15) is 0 Å². The maximum absolute atomic E-state index is 12.5. The van der Waals surface area contributed by atoms with E-state index in [-0.39, 0.29) is 12.1 Å². The summed E-state index contributed by atoms with van der Waals surface area (Å²) in [6.07, 6.45) is -3.42. The lowest BCUT2D eigenvalue weighted by Gasteiger charge is -2.13. The van der Waals surface area contributed by atoms with Crippen LogP contribution in [0.3, 0.4) is 0 Å². The molecule has 0 bridgehead atoms. The van der Waals surface area contributed by atoms with Crippen molar-refractivity contribution in [2.75, 3.05) is 11.9 Å². The third kappa shape index (κ3) is 3.13. The van der Waals surface area contributed by atoms with Crippen molar-refractivity contribution in [2.45, 2.75) is 26.1 Å². The van der Waals surface area contributed by atoms with Crippen molar-refractivity contribution in [3.63, 3.8) is 0 Å². The third-order valence-corrected chi connectivity index (χ3v) is 2.21. The molecule has 1 rings (SSSR count). The topological polar surface area (TPSA) is 38.0 Å². The molecule has 5 heteroatoms. The van der Waals surface area contributed by atoms with Gasteiger partial charge >= 0.3 is 6.18 Å². The summed E-state index contributed by atoms with van der Waals surface area (Å²) in [4.78, 5) is 0. The largest absolute Gasteiger partial charge is 0.416 e. The first-order valence-electron chi connectivity index (χ1n) is 5.13. The second-order valence-corrected chi connectivity index (χ2v) is 3.50. The standard InChI is InChI=1S/C11H15F3N2/c1-2-5-16-9-3-4-10(11(12,13)14)8(6-9)7-15/h3-4,6,16H,2,5,7,15H2,1H3. The average Bonchev–Trinajstić information content (AvgIpc) is 2.24. The molecule has 90 valence electrons. The van der Waals surface area contributed by atoms with Crippen molar-refractivity contribution in [2.24, 2.45) is 5.73 Å². The quantitative estimate of drug-likeness (QED) is 0.837. The molecule has 3 N–H and O–H groups in total. The Morgan fingerprint density at radius 2 is 2.00 bits per heavy atom. The lowest BCUT2D eigenvalue weighted by Crippen LogP contribution is -2.12. The van der Waals surface area contributed by atoms with Gasteiger partial charge in [0.05, 0.1) is 5.56 Å². The van der Waals surface area contributed by atoms with Crippen LogP contribution in [0.5, 0.6) is 0 Å². The number of rotatable bonds is 4. The maximum atomic E-state index is 12.5. The predicted octanol–water partition coefficient (Wildman–Crippen LogP) is 2.99. The Morgan fingerprint density at radius 1 is 1.31 bits per heavy atom. The van der Waals surface area contributed by atoms with Gasteiger partial charge < -0.3 is 11.1 Å². The fraction of sp³-hybridized carbons (Fsp3) is 0.455. The predicted molar refractivity (Wildman–Crippen MR) is 58.1 cm³/mol. The molecule has 0 radical (unpaired) electrons. The van der Waals surface area contributed by atoms with Crippen LogP contribution in [0.2, 0.25) is 0 Å². The van der Waals surface area contributed by atoms with Gasteiger partial charge in [-0.1, -0.05) is 6.92 Å². The highest BCUT2D eigenvalue weighted by molar-refractivity contribution is 5.49. The molecule has 0 amide bonds. The fourth-order valence-corrected chi connectivity index (χ4v) is 1.42. The normalized spacial score (nSPS) is 11.6. The van der Waals surface area contributed by atoms with Crippen LogP contribution in [0.25, 0.3) is 0 Å². The molecule has 1 aromatic carbocycles. The molecule has 2 nitrogen and oxygen atoms in total. The van der Waals surface area contributed by atoms with Crippen LogP contribution < -0.4 is 11.1 Å². The lowest BCUT2D eigenvalue weighted by molar-refractivity contribution is -0.138. The molecule has 0 aromatic heterocycles. The molecule has 0 fully saturated rings. The summed E-state index contributed by atoms with van der Waals surface area (Å²) in [5.41, 5.74) is 5.46. The number of nitrogens with two attached hydrogens (primary N) is 1. The number of halogens is 3. The van der Waals surface area contributed by atoms with E-state index in [1.807, 2.05) is 6.92 Å². The molecule has 0 saturated heterocycles. The highest BCUT2D eigenvalue weighted by Gasteiger charge is 2.32. The van der Waals surface area contributed by atoms with Gasteiger partial charge in [0.15, 0.2) is 0 Å². The monoisotopic (exact) mass is 232 g/mol. The number of hydrogen-bond donors (Lipinski definition) is 2. The van der Waals surface area contributed by atoms with Crippen LogP contribution in [-0.2, 0) is 12.7 Å². The fourth-order valence-electron chi connectivity index (χ4n) is 1.42. The summed E-state index contributed by atoms with van der Waals surface area (Å²) in [7, 11) is 0. The van der Waals surface area contributed by atoms with E-state index in [9.17, 15) is 13.2 Å². The first-order valence-corrected chi connectivity index (χ1v) is 5.13. The summed E-state index contributed by atoms with van der Waals surface area (Å²) >= 11 is 0. The van der Waals surface area contributed by atoms with Crippen molar-refractivity contribution < 1.29 is 13.2 Å². The highest BCUT2D eigenvalue weighted by atomic mass is 19.4. The minimum absolute atomic E-state index is 0.115. The first kappa shape index (κ1) is 12.8. The number of benzene rings is 1. The Morgan fingerprint density at radius 3 is 2.50 bits per heavy atom. The van der Waals surface area contributed by atoms with Crippen LogP contribution in [0.4, 0.5) is 18.9 Å². The van der Waals surface area contributed by atoms with E-state index in [2.05, 4.69) is 5.32 Å². The summed E-state index contributed by atoms with van der Waals surface area (Å²) in [6.45, 7) is 2.60. The van der Waals surface area contributed by atoms with Crippen LogP contribution in [0.1, 0.15) is 24.5 Å². The third-order valence-electron chi connectivity index (χ3n) is 2.21. The smallest absolute Gasteiger partial charge is 0.385 e. The van der Waals surface area contributed by atoms with Crippen LogP contribution in [0.15, 0.2) is 18.2 Å². The van der Waals surface area contributed by atoms with E-state index in [0.29, 0.717) is 5.69 Å². The van der Waals surface area contributed by atoms with Gasteiger partial charge in [-0.15, -0.1) is 0 Å². The second kappa shape index (κ2) is 5.21. The van der Waals surface area contributed by atoms with Gasteiger partial charge in [-0.05, 0) is 30.2 Å². The molecular weight excluding hydrogens is 217 g/mol. The molecule has 0 aliphatic rings. The van der Waals surface area contributed by atoms with Crippen molar-refractivity contribution >= 4 is 5.69 Å². The SMILES string of the molecule is CCCNc1ccc(C(F)(F)F)c(CN)c1. The Balaban J connectivity index is 2.98. The molecule has 0 heterocycles. The molecule has 0 aliphatic carbocycles. The number of alkyl halides is 3. The van der Waals surface area contributed by atoms with E-state index < -0.39 is 11.7 Å². The van der Waals surface area contributed by atoms with Gasteiger partial charge in [0.25, 0.3) is 0 Å². The van der Waals surface area contributed by atoms with E-state index >= 15 is 0 Å². The second-order valence-electron chi connectivity index (χ2n) is 3.50. The highest BCUT2D eigenvalue weighted by Crippen LogP contribution is 2.33. The van der Waals surface area contributed by atoms with Crippen LogP contribution in [0, 0.1) is 0 Å². The molecule has 0 atom stereocenters. The Bertz CT molecular complexity index is 348. The number of anilines is 1. The van der Waals surface area contributed by atoms with Crippen molar-refractivity contribution in [1.82, 2.24) is 0 Å². The van der Waals surface area contributed by atoms with E-state index in [1.54, 1.807) is 0 Å². The molecule has 16 heavy (non-hydrogen) atoms. The van der Waals surface area contributed by atoms with Crippen molar-refractivity contribution in [1.29, 1.82) is 0 Å². The van der Waals surface area contributed by atoms with Gasteiger partial charge in [0, 0.05) is 18.8 Å². The first-order chi connectivity index (χ1) is 7.49. The Hall–Kier alpha value is -1.23. The zero-order valence-corrected chi connectivity index (χ0v) is 9.06.